The summed E-state index contributed by atoms with van der Waals surface area (Å²) in [6.45, 7) is 1.08. The zero-order chi connectivity index (χ0) is 14.4. The number of halogens is 2. The Morgan fingerprint density at radius 3 is 2.74 bits per heavy atom. The first-order valence-corrected chi connectivity index (χ1v) is 6.02. The van der Waals surface area contributed by atoms with E-state index in [0.717, 1.165) is 0 Å². The molecule has 0 bridgehead atoms. The van der Waals surface area contributed by atoms with Gasteiger partial charge in [0.1, 0.15) is 12.6 Å². The van der Waals surface area contributed by atoms with E-state index in [4.69, 9.17) is 28.5 Å². The van der Waals surface area contributed by atoms with Crippen molar-refractivity contribution in [1.29, 1.82) is 5.26 Å². The number of nitriles is 1. The highest BCUT2D eigenvalue weighted by Crippen LogP contribution is 2.20. The van der Waals surface area contributed by atoms with Gasteiger partial charge in [-0.2, -0.15) is 5.26 Å². The van der Waals surface area contributed by atoms with Crippen LogP contribution >= 0.6 is 23.2 Å². The van der Waals surface area contributed by atoms with Gasteiger partial charge in [0.25, 0.3) is 5.91 Å². The molecule has 1 aromatic rings. The van der Waals surface area contributed by atoms with E-state index in [-0.39, 0.29) is 17.1 Å². The van der Waals surface area contributed by atoms with E-state index in [1.165, 1.54) is 25.1 Å². The molecule has 1 atom stereocenters. The van der Waals surface area contributed by atoms with Crippen molar-refractivity contribution >= 4 is 35.1 Å². The predicted octanol–water partition coefficient (Wildman–Crippen LogP) is 2.18. The highest BCUT2D eigenvalue weighted by molar-refractivity contribution is 6.36. The van der Waals surface area contributed by atoms with Crippen LogP contribution < -0.4 is 5.32 Å². The number of ether oxygens (including phenoxy) is 1. The van der Waals surface area contributed by atoms with Crippen molar-refractivity contribution in [3.63, 3.8) is 0 Å². The third kappa shape index (κ3) is 4.78. The van der Waals surface area contributed by atoms with Crippen LogP contribution in [0.25, 0.3) is 0 Å². The second-order valence-corrected chi connectivity index (χ2v) is 4.41. The highest BCUT2D eigenvalue weighted by atomic mass is 35.5. The summed E-state index contributed by atoms with van der Waals surface area (Å²) in [4.78, 5) is 23.0. The molecule has 1 amide bonds. The van der Waals surface area contributed by atoms with Crippen molar-refractivity contribution in [3.05, 3.63) is 33.8 Å². The van der Waals surface area contributed by atoms with Gasteiger partial charge in [-0.1, -0.05) is 23.2 Å². The maximum absolute atomic E-state index is 11.7. The van der Waals surface area contributed by atoms with Crippen molar-refractivity contribution in [3.8, 4) is 6.07 Å². The summed E-state index contributed by atoms with van der Waals surface area (Å²) in [5.41, 5.74) is 0.201. The number of hydrogen-bond donors (Lipinski definition) is 1. The van der Waals surface area contributed by atoms with Crippen molar-refractivity contribution in [2.45, 2.75) is 13.0 Å². The monoisotopic (exact) mass is 300 g/mol. The van der Waals surface area contributed by atoms with Gasteiger partial charge in [-0.25, -0.2) is 0 Å². The Hall–Kier alpha value is -1.77. The zero-order valence-corrected chi connectivity index (χ0v) is 11.5. The van der Waals surface area contributed by atoms with Crippen LogP contribution in [0.3, 0.4) is 0 Å². The van der Waals surface area contributed by atoms with Gasteiger partial charge in [0, 0.05) is 5.02 Å². The Morgan fingerprint density at radius 2 is 2.16 bits per heavy atom. The molecule has 0 saturated heterocycles. The number of carbonyl (C=O) groups is 2. The minimum absolute atomic E-state index is 0.184. The molecule has 0 spiro atoms. The maximum atomic E-state index is 11.7. The van der Waals surface area contributed by atoms with Crippen LogP contribution in [0.4, 0.5) is 0 Å². The molecule has 1 rings (SSSR count). The Kier molecular flexibility index (Phi) is 5.61. The average molecular weight is 301 g/mol. The molecule has 0 saturated carbocycles. The molecule has 0 radical (unpaired) electrons. The normalized spacial score (nSPS) is 11.3. The second-order valence-electron chi connectivity index (χ2n) is 3.57. The van der Waals surface area contributed by atoms with Crippen LogP contribution in [-0.4, -0.2) is 24.5 Å². The van der Waals surface area contributed by atoms with E-state index in [1.54, 1.807) is 6.07 Å². The van der Waals surface area contributed by atoms with Crippen molar-refractivity contribution in [2.24, 2.45) is 0 Å². The first kappa shape index (κ1) is 15.3. The summed E-state index contributed by atoms with van der Waals surface area (Å²) in [5, 5.41) is 11.4. The summed E-state index contributed by atoms with van der Waals surface area (Å²) in [7, 11) is 0. The number of esters is 1. The van der Waals surface area contributed by atoms with Crippen LogP contribution in [0.5, 0.6) is 0 Å². The van der Waals surface area contributed by atoms with E-state index in [1.807, 2.05) is 0 Å². The zero-order valence-electron chi connectivity index (χ0n) is 9.94. The number of rotatable bonds is 4. The van der Waals surface area contributed by atoms with E-state index < -0.39 is 18.0 Å². The van der Waals surface area contributed by atoms with Crippen LogP contribution in [0.2, 0.25) is 10.0 Å². The maximum Gasteiger partial charge on any atom is 0.326 e. The second kappa shape index (κ2) is 6.98. The number of amides is 1. The Balaban J connectivity index is 2.56. The van der Waals surface area contributed by atoms with Gasteiger partial charge in [-0.3, -0.25) is 9.59 Å². The van der Waals surface area contributed by atoms with Crippen molar-refractivity contribution in [1.82, 2.24) is 5.32 Å². The first-order chi connectivity index (χ1) is 8.93. The summed E-state index contributed by atoms with van der Waals surface area (Å²) in [5.74, 6) is -1.23. The van der Waals surface area contributed by atoms with Crippen LogP contribution in [0.15, 0.2) is 18.2 Å². The lowest BCUT2D eigenvalue weighted by Crippen LogP contribution is -2.32. The minimum Gasteiger partial charge on any atom is -0.446 e. The standard InChI is InChI=1S/C12H10Cl2N2O3/c1-7(5-15)19-11(17)6-16-12(18)9-3-2-8(13)4-10(9)14/h2-4,7H,6H2,1H3,(H,16,18)/t7-/m1/s1. The van der Waals surface area contributed by atoms with Gasteiger partial charge in [-0.05, 0) is 25.1 Å². The topological polar surface area (TPSA) is 79.2 Å². The molecule has 0 aliphatic carbocycles. The molecular formula is C12H10Cl2N2O3. The molecule has 1 aromatic carbocycles. The fraction of sp³-hybridized carbons (Fsp3) is 0.250. The highest BCUT2D eigenvalue weighted by Gasteiger charge is 2.13. The first-order valence-electron chi connectivity index (χ1n) is 5.26. The molecule has 100 valence electrons. The van der Waals surface area contributed by atoms with Gasteiger partial charge >= 0.3 is 5.97 Å². The largest absolute Gasteiger partial charge is 0.446 e. The van der Waals surface area contributed by atoms with E-state index in [2.05, 4.69) is 10.1 Å². The van der Waals surface area contributed by atoms with Gasteiger partial charge < -0.3 is 10.1 Å². The van der Waals surface area contributed by atoms with Gasteiger partial charge in [0.2, 0.25) is 0 Å². The van der Waals surface area contributed by atoms with Crippen LogP contribution in [0, 0.1) is 11.3 Å². The van der Waals surface area contributed by atoms with Crippen LogP contribution in [-0.2, 0) is 9.53 Å². The number of nitrogens with zero attached hydrogens (tertiary/aromatic N) is 1. The van der Waals surface area contributed by atoms with Gasteiger partial charge in [0.05, 0.1) is 10.6 Å². The number of nitrogens with one attached hydrogen (secondary N) is 1. The molecule has 7 heteroatoms. The van der Waals surface area contributed by atoms with E-state index >= 15 is 0 Å². The molecule has 0 aliphatic rings. The van der Waals surface area contributed by atoms with Crippen LogP contribution in [0.1, 0.15) is 17.3 Å². The minimum atomic E-state index is -0.858. The molecule has 0 unspecified atom stereocenters. The van der Waals surface area contributed by atoms with Crippen molar-refractivity contribution in [2.75, 3.05) is 6.54 Å². The van der Waals surface area contributed by atoms with Crippen molar-refractivity contribution < 1.29 is 14.3 Å². The van der Waals surface area contributed by atoms with E-state index in [0.29, 0.717) is 5.02 Å². The molecular weight excluding hydrogens is 291 g/mol. The third-order valence-corrected chi connectivity index (χ3v) is 2.61. The molecule has 0 aliphatic heterocycles. The molecule has 5 nitrogen and oxygen atoms in total. The Bertz CT molecular complexity index is 540. The summed E-state index contributed by atoms with van der Waals surface area (Å²) in [6.07, 6.45) is -0.858. The quantitative estimate of drug-likeness (QED) is 0.864. The number of carbonyl (C=O) groups excluding carboxylic acids is 2. The van der Waals surface area contributed by atoms with Gasteiger partial charge in [0.15, 0.2) is 6.10 Å². The summed E-state index contributed by atoms with van der Waals surface area (Å²) in [6, 6.07) is 6.12. The van der Waals surface area contributed by atoms with Gasteiger partial charge in [-0.15, -0.1) is 0 Å². The fourth-order valence-corrected chi connectivity index (χ4v) is 1.68. The lowest BCUT2D eigenvalue weighted by atomic mass is 10.2. The Morgan fingerprint density at radius 1 is 1.47 bits per heavy atom. The predicted molar refractivity (Wildman–Crippen MR) is 70.0 cm³/mol. The molecule has 0 aromatic heterocycles. The lowest BCUT2D eigenvalue weighted by molar-refractivity contribution is -0.144. The molecule has 19 heavy (non-hydrogen) atoms. The smallest absolute Gasteiger partial charge is 0.326 e. The number of hydrogen-bond acceptors (Lipinski definition) is 4. The molecule has 1 N–H and O–H groups in total. The third-order valence-electron chi connectivity index (χ3n) is 2.06. The molecule has 0 fully saturated rings. The Labute approximate surface area is 120 Å². The molecule has 0 heterocycles. The van der Waals surface area contributed by atoms with E-state index in [9.17, 15) is 9.59 Å². The average Bonchev–Trinajstić information content (AvgIpc) is 2.35. The SMILES string of the molecule is C[C@H](C#N)OC(=O)CNC(=O)c1ccc(Cl)cc1Cl. The fourth-order valence-electron chi connectivity index (χ4n) is 1.19. The lowest BCUT2D eigenvalue weighted by Gasteiger charge is -2.08. The number of benzene rings is 1. The summed E-state index contributed by atoms with van der Waals surface area (Å²) >= 11 is 11.5. The summed E-state index contributed by atoms with van der Waals surface area (Å²) < 4.78 is 4.67.